The molecule has 14 heteroatoms. The first kappa shape index (κ1) is 26.1. The monoisotopic (exact) mass is 551 g/mol. The van der Waals surface area contributed by atoms with Gasteiger partial charge >= 0.3 is 18.8 Å². The molecule has 2 aromatic carbocycles. The summed E-state index contributed by atoms with van der Waals surface area (Å²) in [6.45, 7) is -1.61. The fourth-order valence-corrected chi connectivity index (χ4v) is 4.28. The lowest BCUT2D eigenvalue weighted by Crippen LogP contribution is -2.18. The van der Waals surface area contributed by atoms with E-state index in [9.17, 15) is 26.7 Å². The van der Waals surface area contributed by atoms with Gasteiger partial charge in [0.15, 0.2) is 5.82 Å². The van der Waals surface area contributed by atoms with Crippen LogP contribution in [0.5, 0.6) is 5.75 Å². The van der Waals surface area contributed by atoms with Crippen LogP contribution in [0.3, 0.4) is 0 Å². The molecule has 7 nitrogen and oxygen atoms in total. The molecular formula is C22H16Cl2F5N3O4. The molecule has 1 aliphatic rings. The van der Waals surface area contributed by atoms with Crippen molar-refractivity contribution in [3.05, 3.63) is 69.2 Å². The Labute approximate surface area is 210 Å². The lowest BCUT2D eigenvalue weighted by Gasteiger charge is -2.24. The molecule has 2 atom stereocenters. The van der Waals surface area contributed by atoms with Crippen molar-refractivity contribution < 1.29 is 41.0 Å². The van der Waals surface area contributed by atoms with Gasteiger partial charge in [-0.15, -0.1) is 10.2 Å². The van der Waals surface area contributed by atoms with Gasteiger partial charge in [0.05, 0.1) is 23.7 Å². The third kappa shape index (κ3) is 5.11. The smallest absolute Gasteiger partial charge is 0.452 e. The van der Waals surface area contributed by atoms with Crippen molar-refractivity contribution in [2.75, 3.05) is 6.61 Å². The predicted octanol–water partition coefficient (Wildman–Crippen LogP) is 6.31. The number of rotatable bonds is 6. The lowest BCUT2D eigenvalue weighted by molar-refractivity contribution is -0.147. The van der Waals surface area contributed by atoms with Crippen LogP contribution in [0.4, 0.5) is 22.0 Å². The van der Waals surface area contributed by atoms with Crippen LogP contribution in [0, 0.1) is 0 Å². The van der Waals surface area contributed by atoms with Gasteiger partial charge in [-0.3, -0.25) is 9.36 Å². The summed E-state index contributed by atoms with van der Waals surface area (Å²) >= 11 is 12.5. The van der Waals surface area contributed by atoms with Crippen LogP contribution in [0.2, 0.25) is 10.0 Å². The summed E-state index contributed by atoms with van der Waals surface area (Å²) in [7, 11) is 0. The minimum Gasteiger partial charge on any atom is -0.466 e. The Kier molecular flexibility index (Phi) is 7.39. The van der Waals surface area contributed by atoms with Crippen molar-refractivity contribution >= 4 is 29.2 Å². The SMILES string of the molecule is CCOC(=O)C[C@H]1O[C@H](c2cccc(OC(F)F)c2Cl)c2cc(Cl)ccc2-n2c1nnc2C(F)(F)F. The van der Waals surface area contributed by atoms with Crippen molar-refractivity contribution in [3.8, 4) is 11.4 Å². The molecule has 0 saturated heterocycles. The molecule has 4 rings (SSSR count). The van der Waals surface area contributed by atoms with Gasteiger partial charge in [0, 0.05) is 16.1 Å². The van der Waals surface area contributed by atoms with Crippen molar-refractivity contribution in [2.24, 2.45) is 0 Å². The van der Waals surface area contributed by atoms with Gasteiger partial charge in [-0.05, 0) is 31.2 Å². The number of halogens is 7. The highest BCUT2D eigenvalue weighted by molar-refractivity contribution is 6.33. The van der Waals surface area contributed by atoms with E-state index in [1.165, 1.54) is 36.4 Å². The van der Waals surface area contributed by atoms with Crippen LogP contribution >= 0.6 is 23.2 Å². The second kappa shape index (κ2) is 10.2. The van der Waals surface area contributed by atoms with E-state index < -0.39 is 43.2 Å². The number of alkyl halides is 5. The summed E-state index contributed by atoms with van der Waals surface area (Å²) in [6.07, 6.45) is -8.10. The third-order valence-electron chi connectivity index (χ3n) is 5.19. The highest BCUT2D eigenvalue weighted by atomic mass is 35.5. The van der Waals surface area contributed by atoms with Crippen molar-refractivity contribution in [1.82, 2.24) is 14.8 Å². The Balaban J connectivity index is 1.96. The standard InChI is InChI=1S/C22H16Cl2F5N3O4/c1-2-34-16(33)9-15-19-30-31-20(22(27,28)29)32(19)13-7-6-10(23)8-12(13)18(35-15)11-4-3-5-14(17(11)24)36-21(25)26/h3-8,15,18,21H,2,9H2,1H3/t15-,18-/m1/s1. The number of hydrogen-bond acceptors (Lipinski definition) is 6. The number of carbonyl (C=O) groups is 1. The van der Waals surface area contributed by atoms with Crippen molar-refractivity contribution in [3.63, 3.8) is 0 Å². The average Bonchev–Trinajstić information content (AvgIpc) is 3.19. The molecule has 1 aliphatic heterocycles. The van der Waals surface area contributed by atoms with E-state index in [1.807, 2.05) is 0 Å². The van der Waals surface area contributed by atoms with E-state index >= 15 is 0 Å². The van der Waals surface area contributed by atoms with E-state index in [4.69, 9.17) is 32.7 Å². The quantitative estimate of drug-likeness (QED) is 0.264. The van der Waals surface area contributed by atoms with Gasteiger partial charge in [-0.25, -0.2) is 0 Å². The Bertz CT molecular complexity index is 1290. The number of hydrogen-bond donors (Lipinski definition) is 0. The summed E-state index contributed by atoms with van der Waals surface area (Å²) < 4.78 is 83.7. The molecule has 0 bridgehead atoms. The molecule has 0 radical (unpaired) electrons. The molecule has 0 spiro atoms. The molecule has 0 saturated carbocycles. The van der Waals surface area contributed by atoms with Gasteiger partial charge in [-0.1, -0.05) is 35.3 Å². The Morgan fingerprint density at radius 1 is 1.17 bits per heavy atom. The van der Waals surface area contributed by atoms with E-state index in [0.29, 0.717) is 0 Å². The maximum absolute atomic E-state index is 13.9. The van der Waals surface area contributed by atoms with Crippen LogP contribution in [0.15, 0.2) is 36.4 Å². The van der Waals surface area contributed by atoms with Crippen molar-refractivity contribution in [2.45, 2.75) is 38.3 Å². The average molecular weight is 552 g/mol. The maximum Gasteiger partial charge on any atom is 0.452 e. The minimum atomic E-state index is -4.92. The minimum absolute atomic E-state index is 0.0180. The number of benzene rings is 2. The van der Waals surface area contributed by atoms with Crippen LogP contribution in [0.25, 0.3) is 5.69 Å². The van der Waals surface area contributed by atoms with E-state index in [-0.39, 0.29) is 45.0 Å². The van der Waals surface area contributed by atoms with Gasteiger partial charge < -0.3 is 14.2 Å². The zero-order valence-corrected chi connectivity index (χ0v) is 19.7. The largest absolute Gasteiger partial charge is 0.466 e. The molecule has 0 N–H and O–H groups in total. The fraction of sp³-hybridized carbons (Fsp3) is 0.318. The first-order chi connectivity index (χ1) is 17.0. The first-order valence-electron chi connectivity index (χ1n) is 10.4. The fourth-order valence-electron chi connectivity index (χ4n) is 3.83. The second-order valence-corrected chi connectivity index (χ2v) is 8.28. The molecule has 0 aliphatic carbocycles. The Hall–Kier alpha value is -2.96. The second-order valence-electron chi connectivity index (χ2n) is 7.47. The maximum atomic E-state index is 13.9. The van der Waals surface area contributed by atoms with Crippen LogP contribution in [-0.2, 0) is 20.4 Å². The van der Waals surface area contributed by atoms with E-state index in [2.05, 4.69) is 14.9 Å². The number of aromatic nitrogens is 3. The molecule has 0 amide bonds. The normalized spacial score (nSPS) is 17.4. The molecule has 2 heterocycles. The molecule has 0 unspecified atom stereocenters. The topological polar surface area (TPSA) is 75.5 Å². The summed E-state index contributed by atoms with van der Waals surface area (Å²) in [5.41, 5.74) is 0.121. The van der Waals surface area contributed by atoms with E-state index in [0.717, 1.165) is 4.57 Å². The predicted molar refractivity (Wildman–Crippen MR) is 116 cm³/mol. The molecule has 36 heavy (non-hydrogen) atoms. The number of esters is 1. The Morgan fingerprint density at radius 2 is 1.92 bits per heavy atom. The lowest BCUT2D eigenvalue weighted by atomic mass is 9.99. The Morgan fingerprint density at radius 3 is 2.58 bits per heavy atom. The highest BCUT2D eigenvalue weighted by Crippen LogP contribution is 2.46. The molecule has 192 valence electrons. The van der Waals surface area contributed by atoms with E-state index in [1.54, 1.807) is 6.92 Å². The number of ether oxygens (including phenoxy) is 3. The summed E-state index contributed by atoms with van der Waals surface area (Å²) in [6, 6.07) is 7.98. The molecule has 3 aromatic rings. The number of nitrogens with zero attached hydrogens (tertiary/aromatic N) is 3. The summed E-state index contributed by atoms with van der Waals surface area (Å²) in [5.74, 6) is -2.83. The first-order valence-corrected chi connectivity index (χ1v) is 11.1. The number of carbonyl (C=O) groups excluding carboxylic acids is 1. The zero-order chi connectivity index (χ0) is 26.2. The molecule has 1 aromatic heterocycles. The van der Waals surface area contributed by atoms with Gasteiger partial charge in [0.2, 0.25) is 5.82 Å². The number of fused-ring (bicyclic) bond motifs is 3. The molecule has 0 fully saturated rings. The van der Waals surface area contributed by atoms with Crippen molar-refractivity contribution in [1.29, 1.82) is 0 Å². The van der Waals surface area contributed by atoms with Gasteiger partial charge in [-0.2, -0.15) is 22.0 Å². The zero-order valence-electron chi connectivity index (χ0n) is 18.2. The summed E-state index contributed by atoms with van der Waals surface area (Å²) in [5, 5.41) is 6.85. The molecular weight excluding hydrogens is 536 g/mol. The highest BCUT2D eigenvalue weighted by Gasteiger charge is 2.43. The third-order valence-corrected chi connectivity index (χ3v) is 5.83. The van der Waals surface area contributed by atoms with Crippen LogP contribution in [-0.4, -0.2) is 34.0 Å². The van der Waals surface area contributed by atoms with Gasteiger partial charge in [0.25, 0.3) is 0 Å². The van der Waals surface area contributed by atoms with Crippen LogP contribution < -0.4 is 4.74 Å². The summed E-state index contributed by atoms with van der Waals surface area (Å²) in [4.78, 5) is 12.3. The van der Waals surface area contributed by atoms with Crippen LogP contribution in [0.1, 0.15) is 48.3 Å². The van der Waals surface area contributed by atoms with Gasteiger partial charge in [0.1, 0.15) is 18.0 Å².